The van der Waals surface area contributed by atoms with Crippen LogP contribution in [0, 0.1) is 0 Å². The van der Waals surface area contributed by atoms with Crippen LogP contribution in [0.4, 0.5) is 5.69 Å². The molecule has 1 heterocycles. The van der Waals surface area contributed by atoms with Crippen LogP contribution in [0.1, 0.15) is 6.92 Å². The third kappa shape index (κ3) is 3.34. The van der Waals surface area contributed by atoms with Gasteiger partial charge >= 0.3 is 0 Å². The first-order valence-electron chi connectivity index (χ1n) is 6.78. The molecule has 1 aliphatic rings. The lowest BCUT2D eigenvalue weighted by atomic mass is 10.1. The van der Waals surface area contributed by atoms with Gasteiger partial charge in [-0.05, 0) is 19.1 Å². The molecule has 1 unspecified atom stereocenters. The molecule has 1 atom stereocenters. The standard InChI is InChI=1S/C14H17ClN2O5S/c1-9(18)13-8-17(14(19)7-15)11-5-4-10(6-12(11)22-13)23(20,21)16(2)3/h4-6,13H,7-8H2,1-3H3. The topological polar surface area (TPSA) is 84.0 Å². The summed E-state index contributed by atoms with van der Waals surface area (Å²) in [7, 11) is -0.824. The van der Waals surface area contributed by atoms with E-state index in [1.807, 2.05) is 0 Å². The van der Waals surface area contributed by atoms with E-state index in [1.165, 1.54) is 44.1 Å². The highest BCUT2D eigenvalue weighted by atomic mass is 35.5. The lowest BCUT2D eigenvalue weighted by Crippen LogP contribution is -2.47. The van der Waals surface area contributed by atoms with E-state index in [2.05, 4.69) is 0 Å². The summed E-state index contributed by atoms with van der Waals surface area (Å²) in [6, 6.07) is 4.18. The van der Waals surface area contributed by atoms with E-state index in [1.54, 1.807) is 0 Å². The highest BCUT2D eigenvalue weighted by Crippen LogP contribution is 2.36. The number of hydrogen-bond donors (Lipinski definition) is 0. The highest BCUT2D eigenvalue weighted by Gasteiger charge is 2.33. The van der Waals surface area contributed by atoms with Crippen molar-refractivity contribution >= 4 is 39.0 Å². The molecule has 0 radical (unpaired) electrons. The molecule has 0 fully saturated rings. The van der Waals surface area contributed by atoms with Crippen LogP contribution in [0.15, 0.2) is 23.1 Å². The minimum absolute atomic E-state index is 0.0173. The van der Waals surface area contributed by atoms with Crippen molar-refractivity contribution in [1.29, 1.82) is 0 Å². The molecule has 0 N–H and O–H groups in total. The molecule has 0 saturated heterocycles. The lowest BCUT2D eigenvalue weighted by molar-refractivity contribution is -0.124. The lowest BCUT2D eigenvalue weighted by Gasteiger charge is -2.33. The molecular formula is C14H17ClN2O5S. The molecule has 7 nitrogen and oxygen atoms in total. The first-order valence-corrected chi connectivity index (χ1v) is 8.76. The number of nitrogens with zero attached hydrogens (tertiary/aromatic N) is 2. The number of carbonyl (C=O) groups excluding carboxylic acids is 2. The van der Waals surface area contributed by atoms with Gasteiger partial charge in [0.05, 0.1) is 17.1 Å². The largest absolute Gasteiger partial charge is 0.479 e. The molecule has 0 saturated carbocycles. The zero-order chi connectivity index (χ0) is 17.4. The second kappa shape index (κ2) is 6.46. The zero-order valence-corrected chi connectivity index (χ0v) is 14.5. The van der Waals surface area contributed by atoms with Crippen LogP contribution in [-0.2, 0) is 19.6 Å². The van der Waals surface area contributed by atoms with E-state index in [-0.39, 0.29) is 34.8 Å². The van der Waals surface area contributed by atoms with Crippen LogP contribution in [0.5, 0.6) is 5.75 Å². The SMILES string of the molecule is CC(=O)C1CN(C(=O)CCl)c2ccc(S(=O)(=O)N(C)C)cc2O1. The number of hydrogen-bond acceptors (Lipinski definition) is 5. The number of alkyl halides is 1. The first-order chi connectivity index (χ1) is 10.7. The summed E-state index contributed by atoms with van der Waals surface area (Å²) in [6.07, 6.45) is -0.855. The van der Waals surface area contributed by atoms with Crippen molar-refractivity contribution in [1.82, 2.24) is 4.31 Å². The predicted molar refractivity (Wildman–Crippen MR) is 85.5 cm³/mol. The van der Waals surface area contributed by atoms with Gasteiger partial charge in [0.2, 0.25) is 15.9 Å². The Morgan fingerprint density at radius 2 is 2.04 bits per heavy atom. The van der Waals surface area contributed by atoms with Crippen molar-refractivity contribution in [2.24, 2.45) is 0 Å². The van der Waals surface area contributed by atoms with Gasteiger partial charge in [-0.1, -0.05) is 0 Å². The van der Waals surface area contributed by atoms with E-state index < -0.39 is 16.1 Å². The molecule has 23 heavy (non-hydrogen) atoms. The molecule has 2 rings (SSSR count). The van der Waals surface area contributed by atoms with Crippen LogP contribution < -0.4 is 9.64 Å². The fraction of sp³-hybridized carbons (Fsp3) is 0.429. The average molecular weight is 361 g/mol. The summed E-state index contributed by atoms with van der Waals surface area (Å²) < 4.78 is 31.0. The van der Waals surface area contributed by atoms with Crippen molar-refractivity contribution in [3.8, 4) is 5.75 Å². The van der Waals surface area contributed by atoms with Crippen molar-refractivity contribution in [2.75, 3.05) is 31.4 Å². The molecule has 0 aromatic heterocycles. The number of anilines is 1. The molecule has 9 heteroatoms. The van der Waals surface area contributed by atoms with Gasteiger partial charge in [0.1, 0.15) is 11.6 Å². The van der Waals surface area contributed by atoms with Crippen molar-refractivity contribution in [3.05, 3.63) is 18.2 Å². The molecule has 0 aliphatic carbocycles. The predicted octanol–water partition coefficient (Wildman–Crippen LogP) is 0.859. The quantitative estimate of drug-likeness (QED) is 0.743. The molecule has 1 amide bonds. The summed E-state index contributed by atoms with van der Waals surface area (Å²) in [5.41, 5.74) is 0.394. The number of carbonyl (C=O) groups is 2. The summed E-state index contributed by atoms with van der Waals surface area (Å²) >= 11 is 5.61. The second-order valence-electron chi connectivity index (χ2n) is 5.27. The van der Waals surface area contributed by atoms with Gasteiger partial charge in [-0.25, -0.2) is 12.7 Å². The van der Waals surface area contributed by atoms with Gasteiger partial charge in [-0.2, -0.15) is 0 Å². The van der Waals surface area contributed by atoms with E-state index in [0.717, 1.165) is 4.31 Å². The Bertz CT molecular complexity index is 748. The fourth-order valence-electron chi connectivity index (χ4n) is 2.16. The Labute approximate surface area is 139 Å². The Kier molecular flexibility index (Phi) is 4.98. The maximum Gasteiger partial charge on any atom is 0.242 e. The van der Waals surface area contributed by atoms with Gasteiger partial charge in [-0.3, -0.25) is 9.59 Å². The smallest absolute Gasteiger partial charge is 0.242 e. The number of rotatable bonds is 4. The van der Waals surface area contributed by atoms with Crippen molar-refractivity contribution in [2.45, 2.75) is 17.9 Å². The maximum atomic E-state index is 12.2. The zero-order valence-electron chi connectivity index (χ0n) is 12.9. The molecule has 126 valence electrons. The third-order valence-corrected chi connectivity index (χ3v) is 5.53. The van der Waals surface area contributed by atoms with E-state index in [4.69, 9.17) is 16.3 Å². The number of ether oxygens (including phenoxy) is 1. The Morgan fingerprint density at radius 1 is 1.39 bits per heavy atom. The van der Waals surface area contributed by atoms with Gasteiger partial charge in [0.25, 0.3) is 0 Å². The summed E-state index contributed by atoms with van der Waals surface area (Å²) in [5.74, 6) is -0.727. The maximum absolute atomic E-state index is 12.2. The number of amides is 1. The van der Waals surface area contributed by atoms with Crippen LogP contribution in [0.2, 0.25) is 0 Å². The first kappa shape index (κ1) is 17.7. The molecule has 1 aromatic rings. The summed E-state index contributed by atoms with van der Waals surface area (Å²) in [6.45, 7) is 1.40. The minimum Gasteiger partial charge on any atom is -0.479 e. The number of Topliss-reactive ketones (excluding diaryl/α,β-unsaturated/α-hetero) is 1. The number of halogens is 1. The highest BCUT2D eigenvalue weighted by molar-refractivity contribution is 7.89. The van der Waals surface area contributed by atoms with Crippen molar-refractivity contribution < 1.29 is 22.7 Å². The van der Waals surface area contributed by atoms with Gasteiger partial charge < -0.3 is 9.64 Å². The van der Waals surface area contributed by atoms with Crippen LogP contribution >= 0.6 is 11.6 Å². The summed E-state index contributed by atoms with van der Waals surface area (Å²) in [5, 5.41) is 0. The molecular weight excluding hydrogens is 344 g/mol. The van der Waals surface area contributed by atoms with Gasteiger partial charge in [-0.15, -0.1) is 11.6 Å². The van der Waals surface area contributed by atoms with E-state index >= 15 is 0 Å². The average Bonchev–Trinajstić information content (AvgIpc) is 2.52. The van der Waals surface area contributed by atoms with Crippen LogP contribution in [0.25, 0.3) is 0 Å². The fourth-order valence-corrected chi connectivity index (χ4v) is 3.22. The normalized spacial score (nSPS) is 17.6. The van der Waals surface area contributed by atoms with Gasteiger partial charge in [0.15, 0.2) is 11.9 Å². The van der Waals surface area contributed by atoms with Crippen LogP contribution in [-0.4, -0.2) is 57.0 Å². The Balaban J connectivity index is 2.54. The molecule has 0 spiro atoms. The minimum atomic E-state index is -3.65. The van der Waals surface area contributed by atoms with Crippen LogP contribution in [0.3, 0.4) is 0 Å². The number of sulfonamides is 1. The molecule has 1 aliphatic heterocycles. The number of benzene rings is 1. The van der Waals surface area contributed by atoms with E-state index in [0.29, 0.717) is 5.69 Å². The Morgan fingerprint density at radius 3 is 2.57 bits per heavy atom. The summed E-state index contributed by atoms with van der Waals surface area (Å²) in [4.78, 5) is 25.0. The number of ketones is 1. The number of fused-ring (bicyclic) bond motifs is 1. The van der Waals surface area contributed by atoms with Gasteiger partial charge in [0, 0.05) is 20.2 Å². The second-order valence-corrected chi connectivity index (χ2v) is 7.69. The van der Waals surface area contributed by atoms with E-state index in [9.17, 15) is 18.0 Å². The third-order valence-electron chi connectivity index (χ3n) is 3.49. The Hall–Kier alpha value is -1.64. The molecule has 1 aromatic carbocycles. The van der Waals surface area contributed by atoms with Crippen molar-refractivity contribution in [3.63, 3.8) is 0 Å². The monoisotopic (exact) mass is 360 g/mol. The molecule has 0 bridgehead atoms.